The zero-order chi connectivity index (χ0) is 21.0. The highest BCUT2D eigenvalue weighted by Gasteiger charge is 2.27. The number of hydrogen-bond donors (Lipinski definition) is 1. The van der Waals surface area contributed by atoms with Crippen molar-refractivity contribution in [2.45, 2.75) is 52.0 Å². The Morgan fingerprint density at radius 1 is 1.30 bits per heavy atom. The predicted molar refractivity (Wildman–Crippen MR) is 120 cm³/mol. The molecule has 0 fully saturated rings. The van der Waals surface area contributed by atoms with Crippen LogP contribution in [-0.4, -0.2) is 54.8 Å². The fourth-order valence-corrected chi connectivity index (χ4v) is 5.61. The molecule has 4 heterocycles. The third kappa shape index (κ3) is 3.15. The molecule has 0 bridgehead atoms. The van der Waals surface area contributed by atoms with E-state index in [9.17, 15) is 0 Å². The number of nitrogens with one attached hydrogen (secondary N) is 1. The average Bonchev–Trinajstić information content (AvgIpc) is 3.43. The van der Waals surface area contributed by atoms with Crippen LogP contribution in [0.4, 0.5) is 0 Å². The minimum Gasteiger partial charge on any atom is -0.306 e. The van der Waals surface area contributed by atoms with Crippen LogP contribution in [0.5, 0.6) is 0 Å². The van der Waals surface area contributed by atoms with Gasteiger partial charge in [-0.2, -0.15) is 10.2 Å². The first kappa shape index (κ1) is 19.4. The minimum absolute atomic E-state index is 0.316. The second-order valence-corrected chi connectivity index (χ2v) is 9.79. The molecular formula is C22H27N7S. The zero-order valence-corrected chi connectivity index (χ0v) is 18.9. The summed E-state index contributed by atoms with van der Waals surface area (Å²) in [5, 5.41) is 13.4. The van der Waals surface area contributed by atoms with E-state index in [4.69, 9.17) is 10.1 Å². The first-order valence-corrected chi connectivity index (χ1v) is 11.3. The number of aromatic nitrogens is 6. The van der Waals surface area contributed by atoms with Crippen molar-refractivity contribution < 1.29 is 0 Å². The van der Waals surface area contributed by atoms with Gasteiger partial charge in [-0.3, -0.25) is 5.10 Å². The molecule has 0 saturated carbocycles. The Morgan fingerprint density at radius 3 is 2.90 bits per heavy atom. The lowest BCUT2D eigenvalue weighted by atomic mass is 9.96. The van der Waals surface area contributed by atoms with Crippen LogP contribution in [0.3, 0.4) is 0 Å². The van der Waals surface area contributed by atoms with Gasteiger partial charge in [0.05, 0.1) is 11.4 Å². The summed E-state index contributed by atoms with van der Waals surface area (Å²) in [4.78, 5) is 13.1. The van der Waals surface area contributed by atoms with Crippen LogP contribution in [0.2, 0.25) is 0 Å². The number of rotatable bonds is 4. The summed E-state index contributed by atoms with van der Waals surface area (Å²) in [6, 6.07) is 2.75. The number of nitrogens with zero attached hydrogens (tertiary/aromatic N) is 6. The van der Waals surface area contributed by atoms with Gasteiger partial charge >= 0.3 is 0 Å². The molecule has 0 aliphatic heterocycles. The van der Waals surface area contributed by atoms with E-state index in [1.165, 1.54) is 22.6 Å². The number of aryl methyl sites for hydroxylation is 2. The Hall–Kier alpha value is -2.58. The topological polar surface area (TPSA) is 75.0 Å². The highest BCUT2D eigenvalue weighted by Crippen LogP contribution is 2.39. The molecule has 1 unspecified atom stereocenters. The quantitative estimate of drug-likeness (QED) is 0.537. The summed E-state index contributed by atoms with van der Waals surface area (Å²) in [7, 11) is 4.34. The maximum Gasteiger partial charge on any atom is 0.158 e. The Bertz CT molecular complexity index is 1210. The van der Waals surface area contributed by atoms with Crippen molar-refractivity contribution in [3.05, 3.63) is 40.3 Å². The van der Waals surface area contributed by atoms with Crippen molar-refractivity contribution in [2.75, 3.05) is 14.1 Å². The number of fused-ring (bicyclic) bond motifs is 2. The van der Waals surface area contributed by atoms with E-state index in [1.54, 1.807) is 6.33 Å². The van der Waals surface area contributed by atoms with E-state index in [2.05, 4.69) is 61.0 Å². The first-order chi connectivity index (χ1) is 14.4. The van der Waals surface area contributed by atoms with E-state index in [-0.39, 0.29) is 0 Å². The van der Waals surface area contributed by atoms with Gasteiger partial charge in [0.2, 0.25) is 0 Å². The lowest BCUT2D eigenvalue weighted by Gasteiger charge is -2.27. The number of likely N-dealkylation sites (N-methyl/N-ethyl adjacent to an activating group) is 1. The van der Waals surface area contributed by atoms with E-state index in [0.717, 1.165) is 46.0 Å². The third-order valence-electron chi connectivity index (χ3n) is 6.08. The van der Waals surface area contributed by atoms with Gasteiger partial charge in [-0.1, -0.05) is 13.8 Å². The number of aromatic amines is 1. The predicted octanol–water partition coefficient (Wildman–Crippen LogP) is 4.09. The van der Waals surface area contributed by atoms with Crippen LogP contribution in [0.15, 0.2) is 18.6 Å². The first-order valence-electron chi connectivity index (χ1n) is 10.5. The average molecular weight is 422 g/mol. The smallest absolute Gasteiger partial charge is 0.158 e. The molecule has 0 saturated heterocycles. The number of pyridine rings is 1. The summed E-state index contributed by atoms with van der Waals surface area (Å²) in [5.74, 6) is 0.316. The SMILES string of the molecule is Cc1cc(-c2[nH]nc(-c3nc4c(s3)CC(N(C)C)CC4)c2C(C)C)cn2ncnc12. The van der Waals surface area contributed by atoms with Gasteiger partial charge in [-0.15, -0.1) is 11.3 Å². The molecule has 8 heteroatoms. The Balaban J connectivity index is 1.59. The number of H-pyrrole nitrogens is 1. The molecule has 0 amide bonds. The summed E-state index contributed by atoms with van der Waals surface area (Å²) < 4.78 is 1.83. The van der Waals surface area contributed by atoms with Gasteiger partial charge in [0.1, 0.15) is 17.0 Å². The molecule has 4 aromatic rings. The maximum atomic E-state index is 5.01. The summed E-state index contributed by atoms with van der Waals surface area (Å²) in [6.07, 6.45) is 6.91. The van der Waals surface area contributed by atoms with Crippen LogP contribution >= 0.6 is 11.3 Å². The van der Waals surface area contributed by atoms with Crippen molar-refractivity contribution in [1.82, 2.24) is 34.7 Å². The fraction of sp³-hybridized carbons (Fsp3) is 0.455. The minimum atomic E-state index is 0.316. The second kappa shape index (κ2) is 7.28. The van der Waals surface area contributed by atoms with Gasteiger partial charge in [-0.25, -0.2) is 14.5 Å². The normalized spacial score (nSPS) is 16.7. The van der Waals surface area contributed by atoms with Crippen molar-refractivity contribution in [2.24, 2.45) is 0 Å². The molecule has 7 nitrogen and oxygen atoms in total. The summed E-state index contributed by atoms with van der Waals surface area (Å²) >= 11 is 1.81. The van der Waals surface area contributed by atoms with Crippen molar-refractivity contribution in [3.8, 4) is 22.0 Å². The van der Waals surface area contributed by atoms with Gasteiger partial charge in [0, 0.05) is 28.2 Å². The van der Waals surface area contributed by atoms with E-state index in [1.807, 2.05) is 22.0 Å². The Morgan fingerprint density at radius 2 is 2.13 bits per heavy atom. The molecule has 1 aliphatic carbocycles. The molecule has 1 N–H and O–H groups in total. The molecule has 0 radical (unpaired) electrons. The van der Waals surface area contributed by atoms with Gasteiger partial charge in [-0.05, 0) is 57.8 Å². The highest BCUT2D eigenvalue weighted by atomic mass is 32.1. The van der Waals surface area contributed by atoms with Crippen molar-refractivity contribution in [1.29, 1.82) is 0 Å². The third-order valence-corrected chi connectivity index (χ3v) is 7.20. The molecule has 1 atom stereocenters. The Labute approximate surface area is 180 Å². The van der Waals surface area contributed by atoms with E-state index >= 15 is 0 Å². The van der Waals surface area contributed by atoms with Crippen molar-refractivity contribution in [3.63, 3.8) is 0 Å². The van der Waals surface area contributed by atoms with Gasteiger partial charge < -0.3 is 4.90 Å². The maximum absolute atomic E-state index is 5.01. The molecule has 156 valence electrons. The molecular weight excluding hydrogens is 394 g/mol. The van der Waals surface area contributed by atoms with Crippen LogP contribution in [-0.2, 0) is 12.8 Å². The highest BCUT2D eigenvalue weighted by molar-refractivity contribution is 7.15. The second-order valence-electron chi connectivity index (χ2n) is 8.70. The molecule has 1 aliphatic rings. The number of hydrogen-bond acceptors (Lipinski definition) is 6. The van der Waals surface area contributed by atoms with E-state index < -0.39 is 0 Å². The van der Waals surface area contributed by atoms with Crippen molar-refractivity contribution >= 4 is 17.0 Å². The molecule has 4 aromatic heterocycles. The van der Waals surface area contributed by atoms with Gasteiger partial charge in [0.15, 0.2) is 5.65 Å². The fourth-order valence-electron chi connectivity index (χ4n) is 4.43. The summed E-state index contributed by atoms with van der Waals surface area (Å²) in [6.45, 7) is 6.50. The molecule has 0 aromatic carbocycles. The van der Waals surface area contributed by atoms with Crippen LogP contribution < -0.4 is 0 Å². The standard InChI is InChI=1S/C22H27N7S/c1-12(2)18-19(14-8-13(3)21-23-11-24-29(21)10-14)26-27-20(18)22-25-16-7-6-15(28(4)5)9-17(16)30-22/h8,10-12,15H,6-7,9H2,1-5H3,(H,26,27). The lowest BCUT2D eigenvalue weighted by molar-refractivity contribution is 0.269. The molecule has 5 rings (SSSR count). The zero-order valence-electron chi connectivity index (χ0n) is 18.1. The molecule has 30 heavy (non-hydrogen) atoms. The van der Waals surface area contributed by atoms with Crippen LogP contribution in [0.25, 0.3) is 27.6 Å². The van der Waals surface area contributed by atoms with E-state index in [0.29, 0.717) is 12.0 Å². The largest absolute Gasteiger partial charge is 0.306 e. The monoisotopic (exact) mass is 421 g/mol. The Kier molecular flexibility index (Phi) is 4.71. The van der Waals surface area contributed by atoms with Crippen LogP contribution in [0, 0.1) is 6.92 Å². The number of thiazole rings is 1. The van der Waals surface area contributed by atoms with Crippen LogP contribution in [0.1, 0.15) is 47.9 Å². The lowest BCUT2D eigenvalue weighted by Crippen LogP contribution is -2.32. The summed E-state index contributed by atoms with van der Waals surface area (Å²) in [5.41, 5.74) is 7.54. The van der Waals surface area contributed by atoms with Gasteiger partial charge in [0.25, 0.3) is 0 Å². The molecule has 0 spiro atoms.